The molecule has 6 aliphatic rings. The minimum absolute atomic E-state index is 0.0397. The van der Waals surface area contributed by atoms with Crippen molar-refractivity contribution in [1.82, 2.24) is 4.90 Å². The minimum Gasteiger partial charge on any atom is -0.481 e. The summed E-state index contributed by atoms with van der Waals surface area (Å²) in [5.41, 5.74) is 7.80. The van der Waals surface area contributed by atoms with E-state index in [4.69, 9.17) is 10.5 Å². The normalized spacial score (nSPS) is 36.9. The van der Waals surface area contributed by atoms with Crippen LogP contribution in [-0.4, -0.2) is 47.2 Å². The number of amides is 2. The van der Waals surface area contributed by atoms with Crippen molar-refractivity contribution in [3.63, 3.8) is 0 Å². The van der Waals surface area contributed by atoms with E-state index in [1.165, 1.54) is 5.56 Å². The molecule has 4 saturated carbocycles. The number of fused-ring (bicyclic) bond motifs is 2. The smallest absolute Gasteiger partial charge is 0.410 e. The average Bonchev–Trinajstić information content (AvgIpc) is 3.08. The highest BCUT2D eigenvalue weighted by Gasteiger charge is 2.59. The van der Waals surface area contributed by atoms with E-state index >= 15 is 0 Å². The molecule has 7 nitrogen and oxygen atoms in total. The van der Waals surface area contributed by atoms with Crippen LogP contribution in [0.5, 0.6) is 0 Å². The number of hydrogen-bond donors (Lipinski definition) is 2. The standard InChI is InChI=1S/C27H34N2O5/c28-24(32)27-12-16-9-18(14-27)23(19(10-16)15-27)34-25(33)29-7-5-26(6-8-29)13-17(11-22(30)31)20-3-1-2-4-21(20)26/h1-4,16-19,23H,5-15H2,(H2,28,32)(H,30,31). The van der Waals surface area contributed by atoms with Gasteiger partial charge in [0.25, 0.3) is 0 Å². The third-order valence-corrected chi connectivity index (χ3v) is 9.96. The molecular formula is C27H34N2O5. The fourth-order valence-corrected chi connectivity index (χ4v) is 8.67. The Balaban J connectivity index is 1.12. The number of hydrogen-bond acceptors (Lipinski definition) is 4. The van der Waals surface area contributed by atoms with Gasteiger partial charge in [-0.25, -0.2) is 4.79 Å². The number of aliphatic carboxylic acids is 1. The number of piperidine rings is 1. The second-order valence-electron chi connectivity index (χ2n) is 11.8. The van der Waals surface area contributed by atoms with E-state index in [1.807, 2.05) is 17.0 Å². The van der Waals surface area contributed by atoms with Crippen molar-refractivity contribution >= 4 is 18.0 Å². The van der Waals surface area contributed by atoms with Crippen LogP contribution in [-0.2, 0) is 19.7 Å². The summed E-state index contributed by atoms with van der Waals surface area (Å²) in [7, 11) is 0. The third kappa shape index (κ3) is 3.34. The average molecular weight is 467 g/mol. The lowest BCUT2D eigenvalue weighted by atomic mass is 9.48. The lowest BCUT2D eigenvalue weighted by molar-refractivity contribution is -0.162. The molecule has 1 aromatic rings. The molecule has 34 heavy (non-hydrogen) atoms. The molecule has 5 aliphatic carbocycles. The first-order chi connectivity index (χ1) is 16.3. The molecular weight excluding hydrogens is 432 g/mol. The number of benzene rings is 1. The molecule has 2 amide bonds. The highest BCUT2D eigenvalue weighted by molar-refractivity contribution is 5.81. The summed E-state index contributed by atoms with van der Waals surface area (Å²) in [5.74, 6) is 0.145. The number of carbonyl (C=O) groups excluding carboxylic acids is 2. The molecule has 1 aliphatic heterocycles. The molecule has 3 unspecified atom stereocenters. The van der Waals surface area contributed by atoms with Crippen molar-refractivity contribution in [3.05, 3.63) is 35.4 Å². The fraction of sp³-hybridized carbons (Fsp3) is 0.667. The van der Waals surface area contributed by atoms with Crippen LogP contribution in [0.3, 0.4) is 0 Å². The summed E-state index contributed by atoms with van der Waals surface area (Å²) in [5, 5.41) is 9.40. The molecule has 7 rings (SSSR count). The van der Waals surface area contributed by atoms with Gasteiger partial charge in [-0.05, 0) is 91.6 Å². The van der Waals surface area contributed by atoms with Gasteiger partial charge in [-0.15, -0.1) is 0 Å². The van der Waals surface area contributed by atoms with Gasteiger partial charge >= 0.3 is 12.1 Å². The van der Waals surface area contributed by atoms with Gasteiger partial charge in [0.15, 0.2) is 0 Å². The van der Waals surface area contributed by atoms with Crippen molar-refractivity contribution in [3.8, 4) is 0 Å². The molecule has 1 aromatic carbocycles. The van der Waals surface area contributed by atoms with Crippen molar-refractivity contribution in [2.24, 2.45) is 28.9 Å². The van der Waals surface area contributed by atoms with Crippen molar-refractivity contribution in [2.45, 2.75) is 75.2 Å². The van der Waals surface area contributed by atoms with Gasteiger partial charge in [0.05, 0.1) is 11.8 Å². The van der Waals surface area contributed by atoms with Crippen molar-refractivity contribution < 1.29 is 24.2 Å². The zero-order valence-corrected chi connectivity index (χ0v) is 19.6. The lowest BCUT2D eigenvalue weighted by Crippen LogP contribution is -2.59. The van der Waals surface area contributed by atoms with E-state index in [0.29, 0.717) is 19.0 Å². The van der Waals surface area contributed by atoms with E-state index < -0.39 is 5.97 Å². The van der Waals surface area contributed by atoms with Gasteiger partial charge in [0.1, 0.15) is 6.10 Å². The maximum Gasteiger partial charge on any atom is 0.410 e. The van der Waals surface area contributed by atoms with Gasteiger partial charge in [-0.2, -0.15) is 0 Å². The van der Waals surface area contributed by atoms with Gasteiger partial charge in [0, 0.05) is 13.1 Å². The molecule has 7 heteroatoms. The Morgan fingerprint density at radius 1 is 1.03 bits per heavy atom. The number of carboxylic acid groups (broad SMARTS) is 1. The molecule has 3 atom stereocenters. The monoisotopic (exact) mass is 466 g/mol. The maximum atomic E-state index is 13.2. The quantitative estimate of drug-likeness (QED) is 0.701. The number of likely N-dealkylation sites (tertiary alicyclic amines) is 1. The predicted molar refractivity (Wildman–Crippen MR) is 124 cm³/mol. The molecule has 5 fully saturated rings. The van der Waals surface area contributed by atoms with Crippen LogP contribution in [0.15, 0.2) is 24.3 Å². The minimum atomic E-state index is -0.758. The number of carboxylic acids is 1. The van der Waals surface area contributed by atoms with E-state index in [0.717, 1.165) is 56.9 Å². The molecule has 1 spiro atoms. The van der Waals surface area contributed by atoms with Crippen LogP contribution >= 0.6 is 0 Å². The molecule has 4 bridgehead atoms. The van der Waals surface area contributed by atoms with Gasteiger partial charge in [-0.3, -0.25) is 9.59 Å². The van der Waals surface area contributed by atoms with E-state index in [9.17, 15) is 19.5 Å². The summed E-state index contributed by atoms with van der Waals surface area (Å²) in [6.07, 6.45) is 6.84. The maximum absolute atomic E-state index is 13.2. The van der Waals surface area contributed by atoms with Crippen LogP contribution in [0.4, 0.5) is 4.79 Å². The highest BCUT2D eigenvalue weighted by Crippen LogP contribution is 2.61. The number of carbonyl (C=O) groups is 3. The van der Waals surface area contributed by atoms with Crippen LogP contribution in [0.1, 0.15) is 74.8 Å². The molecule has 182 valence electrons. The zero-order chi connectivity index (χ0) is 23.7. The van der Waals surface area contributed by atoms with Crippen LogP contribution < -0.4 is 5.73 Å². The largest absolute Gasteiger partial charge is 0.481 e. The first-order valence-electron chi connectivity index (χ1n) is 12.9. The number of primary amides is 1. The van der Waals surface area contributed by atoms with Crippen molar-refractivity contribution in [2.75, 3.05) is 13.1 Å². The molecule has 1 heterocycles. The highest BCUT2D eigenvalue weighted by atomic mass is 16.6. The molecule has 0 radical (unpaired) electrons. The summed E-state index contributed by atoms with van der Waals surface area (Å²) >= 11 is 0. The topological polar surface area (TPSA) is 110 Å². The third-order valence-electron chi connectivity index (χ3n) is 9.96. The summed E-state index contributed by atoms with van der Waals surface area (Å²) in [6.45, 7) is 1.26. The molecule has 0 aromatic heterocycles. The second kappa shape index (κ2) is 7.72. The SMILES string of the molecule is NC(=O)C12CC3CC(C1)C(OC(=O)N1CCC4(CC1)CC(CC(=O)O)c1ccccc14)C(C3)C2. The summed E-state index contributed by atoms with van der Waals surface area (Å²) < 4.78 is 6.14. The van der Waals surface area contributed by atoms with Crippen LogP contribution in [0.25, 0.3) is 0 Å². The predicted octanol–water partition coefficient (Wildman–Crippen LogP) is 3.80. The Morgan fingerprint density at radius 2 is 1.71 bits per heavy atom. The Bertz CT molecular complexity index is 1010. The molecule has 3 N–H and O–H groups in total. The number of ether oxygens (including phenoxy) is 1. The van der Waals surface area contributed by atoms with Crippen LogP contribution in [0, 0.1) is 23.2 Å². The van der Waals surface area contributed by atoms with Crippen LogP contribution in [0.2, 0.25) is 0 Å². The lowest BCUT2D eigenvalue weighted by Gasteiger charge is -2.58. The zero-order valence-electron chi connectivity index (χ0n) is 19.6. The van der Waals surface area contributed by atoms with E-state index in [-0.39, 0.29) is 53.1 Å². The first kappa shape index (κ1) is 21.9. The summed E-state index contributed by atoms with van der Waals surface area (Å²) in [6, 6.07) is 8.25. The Kier molecular flexibility index (Phi) is 4.98. The van der Waals surface area contributed by atoms with E-state index in [1.54, 1.807) is 0 Å². The number of rotatable bonds is 4. The Labute approximate surface area is 200 Å². The molecule has 1 saturated heterocycles. The number of nitrogens with zero attached hydrogens (tertiary/aromatic N) is 1. The van der Waals surface area contributed by atoms with Gasteiger partial charge < -0.3 is 20.5 Å². The fourth-order valence-electron chi connectivity index (χ4n) is 8.67. The summed E-state index contributed by atoms with van der Waals surface area (Å²) in [4.78, 5) is 38.7. The Morgan fingerprint density at radius 3 is 2.35 bits per heavy atom. The second-order valence-corrected chi connectivity index (χ2v) is 11.8. The van der Waals surface area contributed by atoms with E-state index in [2.05, 4.69) is 12.1 Å². The van der Waals surface area contributed by atoms with Gasteiger partial charge in [0.2, 0.25) is 5.91 Å². The Hall–Kier alpha value is -2.57. The van der Waals surface area contributed by atoms with Crippen molar-refractivity contribution in [1.29, 1.82) is 0 Å². The van der Waals surface area contributed by atoms with Gasteiger partial charge in [-0.1, -0.05) is 24.3 Å². The first-order valence-corrected chi connectivity index (χ1v) is 12.9. The number of nitrogens with two attached hydrogens (primary N) is 1.